The molecule has 1 aliphatic heterocycles. The van der Waals surface area contributed by atoms with Crippen molar-refractivity contribution in [3.63, 3.8) is 0 Å². The van der Waals surface area contributed by atoms with Crippen molar-refractivity contribution in [1.82, 2.24) is 10.3 Å². The number of pyridine rings is 1. The van der Waals surface area contributed by atoms with Crippen molar-refractivity contribution in [3.8, 4) is 11.3 Å². The van der Waals surface area contributed by atoms with Crippen LogP contribution in [0.1, 0.15) is 33.6 Å². The second kappa shape index (κ2) is 10.2. The van der Waals surface area contributed by atoms with E-state index in [1.54, 1.807) is 0 Å². The molecular formula is C25H33N3. The first-order valence-electron chi connectivity index (χ1n) is 10.6. The molecule has 1 N–H and O–H groups in total. The van der Waals surface area contributed by atoms with Gasteiger partial charge in [-0.05, 0) is 44.0 Å². The van der Waals surface area contributed by atoms with Gasteiger partial charge < -0.3 is 10.2 Å². The number of anilines is 1. The zero-order valence-corrected chi connectivity index (χ0v) is 17.5. The molecule has 0 bridgehead atoms. The predicted molar refractivity (Wildman–Crippen MR) is 122 cm³/mol. The summed E-state index contributed by atoms with van der Waals surface area (Å²) in [6, 6.07) is 21.3. The van der Waals surface area contributed by atoms with Crippen LogP contribution in [0.5, 0.6) is 0 Å². The molecule has 2 heterocycles. The first kappa shape index (κ1) is 20.3. The molecular weight excluding hydrogens is 342 g/mol. The summed E-state index contributed by atoms with van der Waals surface area (Å²) < 4.78 is 0. The molecule has 3 nitrogen and oxygen atoms in total. The molecule has 2 aromatic carbocycles. The Morgan fingerprint density at radius 3 is 2.21 bits per heavy atom. The molecule has 1 saturated heterocycles. The van der Waals surface area contributed by atoms with Gasteiger partial charge in [0, 0.05) is 29.7 Å². The summed E-state index contributed by atoms with van der Waals surface area (Å²) >= 11 is 0. The van der Waals surface area contributed by atoms with Crippen molar-refractivity contribution in [2.75, 3.05) is 31.1 Å². The monoisotopic (exact) mass is 375 g/mol. The minimum absolute atomic E-state index is 0.841. The largest absolute Gasteiger partial charge is 0.371 e. The highest BCUT2D eigenvalue weighted by Crippen LogP contribution is 2.33. The van der Waals surface area contributed by atoms with Crippen LogP contribution in [0.2, 0.25) is 0 Å². The molecule has 1 aromatic heterocycles. The lowest BCUT2D eigenvalue weighted by molar-refractivity contribution is 0.439. The second-order valence-corrected chi connectivity index (χ2v) is 7.54. The van der Waals surface area contributed by atoms with E-state index in [9.17, 15) is 0 Å². The van der Waals surface area contributed by atoms with Crippen LogP contribution in [0, 0.1) is 5.92 Å². The van der Waals surface area contributed by atoms with Crippen molar-refractivity contribution < 1.29 is 0 Å². The van der Waals surface area contributed by atoms with Gasteiger partial charge in [0.1, 0.15) is 0 Å². The summed E-state index contributed by atoms with van der Waals surface area (Å²) in [7, 11) is 0. The summed E-state index contributed by atoms with van der Waals surface area (Å²) in [6.07, 6.45) is 2.55. The standard InChI is InChI=1S/C21H22N2.C4H11N/c1-16-11-13-23(14-12-16)21-15-20(17-7-3-2-4-8-17)22-19-10-6-5-9-18(19)21;1-3-5-4-2/h2-10,15-16H,11-14H2,1H3;5H,3-4H2,1-2H3. The van der Waals surface area contributed by atoms with E-state index in [1.807, 2.05) is 0 Å². The molecule has 3 heteroatoms. The molecule has 0 saturated carbocycles. The minimum atomic E-state index is 0.841. The molecule has 0 aliphatic carbocycles. The van der Waals surface area contributed by atoms with Crippen LogP contribution >= 0.6 is 0 Å². The fourth-order valence-corrected chi connectivity index (χ4v) is 3.67. The van der Waals surface area contributed by atoms with Crippen LogP contribution in [-0.4, -0.2) is 31.2 Å². The summed E-state index contributed by atoms with van der Waals surface area (Å²) in [5.41, 5.74) is 4.67. The third kappa shape index (κ3) is 5.11. The number of rotatable bonds is 4. The van der Waals surface area contributed by atoms with Crippen LogP contribution in [0.4, 0.5) is 5.69 Å². The minimum Gasteiger partial charge on any atom is -0.371 e. The molecule has 0 spiro atoms. The summed E-state index contributed by atoms with van der Waals surface area (Å²) in [4.78, 5) is 7.43. The molecule has 0 atom stereocenters. The number of piperidine rings is 1. The lowest BCUT2D eigenvalue weighted by atomic mass is 9.98. The third-order valence-electron chi connectivity index (χ3n) is 5.39. The number of hydrogen-bond acceptors (Lipinski definition) is 3. The number of aromatic nitrogens is 1. The Kier molecular flexibility index (Phi) is 7.44. The van der Waals surface area contributed by atoms with Crippen LogP contribution in [0.15, 0.2) is 60.7 Å². The van der Waals surface area contributed by atoms with Gasteiger partial charge in [0.05, 0.1) is 11.2 Å². The average molecular weight is 376 g/mol. The van der Waals surface area contributed by atoms with Gasteiger partial charge in [-0.3, -0.25) is 0 Å². The van der Waals surface area contributed by atoms with Crippen molar-refractivity contribution in [3.05, 3.63) is 60.7 Å². The van der Waals surface area contributed by atoms with Gasteiger partial charge in [-0.15, -0.1) is 0 Å². The number of nitrogens with zero attached hydrogens (tertiary/aromatic N) is 2. The molecule has 0 radical (unpaired) electrons. The maximum Gasteiger partial charge on any atom is 0.0730 e. The van der Waals surface area contributed by atoms with Crippen LogP contribution in [0.25, 0.3) is 22.2 Å². The lowest BCUT2D eigenvalue weighted by Crippen LogP contribution is -2.32. The van der Waals surface area contributed by atoms with Crippen molar-refractivity contribution >= 4 is 16.6 Å². The molecule has 4 rings (SSSR count). The quantitative estimate of drug-likeness (QED) is 0.629. The van der Waals surface area contributed by atoms with Crippen LogP contribution in [-0.2, 0) is 0 Å². The maximum atomic E-state index is 4.89. The Labute approximate surface area is 169 Å². The normalized spacial score (nSPS) is 14.6. The summed E-state index contributed by atoms with van der Waals surface area (Å²) in [5, 5.41) is 4.38. The zero-order valence-electron chi connectivity index (χ0n) is 17.5. The van der Waals surface area contributed by atoms with E-state index in [-0.39, 0.29) is 0 Å². The molecule has 3 aromatic rings. The first-order valence-corrected chi connectivity index (χ1v) is 10.6. The number of nitrogens with one attached hydrogen (secondary N) is 1. The van der Waals surface area contributed by atoms with Crippen molar-refractivity contribution in [1.29, 1.82) is 0 Å². The molecule has 1 aliphatic rings. The van der Waals surface area contributed by atoms with Gasteiger partial charge in [-0.1, -0.05) is 69.3 Å². The van der Waals surface area contributed by atoms with Gasteiger partial charge in [-0.2, -0.15) is 0 Å². The maximum absolute atomic E-state index is 4.89. The van der Waals surface area contributed by atoms with E-state index in [0.717, 1.165) is 43.3 Å². The number of fused-ring (bicyclic) bond motifs is 1. The third-order valence-corrected chi connectivity index (χ3v) is 5.39. The SMILES string of the molecule is CC1CCN(c2cc(-c3ccccc3)nc3ccccc23)CC1.CCNCC. The lowest BCUT2D eigenvalue weighted by Gasteiger charge is -2.33. The van der Waals surface area contributed by atoms with Crippen molar-refractivity contribution in [2.24, 2.45) is 5.92 Å². The van der Waals surface area contributed by atoms with Gasteiger partial charge in [-0.25, -0.2) is 4.98 Å². The Hall–Kier alpha value is -2.39. The highest BCUT2D eigenvalue weighted by atomic mass is 15.1. The summed E-state index contributed by atoms with van der Waals surface area (Å²) in [5.74, 6) is 0.841. The van der Waals surface area contributed by atoms with E-state index >= 15 is 0 Å². The zero-order chi connectivity index (χ0) is 19.8. The van der Waals surface area contributed by atoms with Gasteiger partial charge in [0.2, 0.25) is 0 Å². The number of para-hydroxylation sites is 1. The fourth-order valence-electron chi connectivity index (χ4n) is 3.67. The van der Waals surface area contributed by atoms with Crippen LogP contribution in [0.3, 0.4) is 0 Å². The molecule has 1 fully saturated rings. The van der Waals surface area contributed by atoms with Gasteiger partial charge >= 0.3 is 0 Å². The van der Waals surface area contributed by atoms with Gasteiger partial charge in [0.15, 0.2) is 0 Å². The fraction of sp³-hybridized carbons (Fsp3) is 0.400. The first-order chi connectivity index (χ1) is 13.7. The average Bonchev–Trinajstić information content (AvgIpc) is 2.75. The van der Waals surface area contributed by atoms with Gasteiger partial charge in [0.25, 0.3) is 0 Å². The van der Waals surface area contributed by atoms with E-state index in [2.05, 4.69) is 91.7 Å². The van der Waals surface area contributed by atoms with E-state index in [4.69, 9.17) is 4.98 Å². The Bertz CT molecular complexity index is 850. The molecule has 0 unspecified atom stereocenters. The molecule has 28 heavy (non-hydrogen) atoms. The highest BCUT2D eigenvalue weighted by molar-refractivity contribution is 5.94. The van der Waals surface area contributed by atoms with E-state index in [0.29, 0.717) is 0 Å². The Morgan fingerprint density at radius 1 is 0.929 bits per heavy atom. The predicted octanol–water partition coefficient (Wildman–Crippen LogP) is 5.75. The van der Waals surface area contributed by atoms with Crippen molar-refractivity contribution in [2.45, 2.75) is 33.6 Å². The molecule has 148 valence electrons. The number of benzene rings is 2. The summed E-state index contributed by atoms with van der Waals surface area (Å²) in [6.45, 7) is 11.0. The second-order valence-electron chi connectivity index (χ2n) is 7.54. The van der Waals surface area contributed by atoms with Crippen LogP contribution < -0.4 is 10.2 Å². The molecule has 0 amide bonds. The van der Waals surface area contributed by atoms with E-state index in [1.165, 1.54) is 29.5 Å². The van der Waals surface area contributed by atoms with E-state index < -0.39 is 0 Å². The Balaban J connectivity index is 0.000000403. The number of hydrogen-bond donors (Lipinski definition) is 1. The highest BCUT2D eigenvalue weighted by Gasteiger charge is 2.19. The Morgan fingerprint density at radius 2 is 1.57 bits per heavy atom. The topological polar surface area (TPSA) is 28.2 Å². The smallest absolute Gasteiger partial charge is 0.0730 e.